The predicted octanol–water partition coefficient (Wildman–Crippen LogP) is 2.52. The number of benzene rings is 1. The number of aliphatic imine (C=N–C) groups is 1. The van der Waals surface area contributed by atoms with Gasteiger partial charge in [-0.1, -0.05) is 30.3 Å². The van der Waals surface area contributed by atoms with Crippen LogP contribution in [0.4, 0.5) is 0 Å². The molecule has 1 rings (SSSR count). The molecule has 0 aliphatic carbocycles. The Hall–Kier alpha value is -2.25. The van der Waals surface area contributed by atoms with Crippen molar-refractivity contribution in [2.24, 2.45) is 10.7 Å². The molecule has 0 saturated heterocycles. The second kappa shape index (κ2) is 6.36. The van der Waals surface area contributed by atoms with Crippen molar-refractivity contribution in [3.63, 3.8) is 0 Å². The first-order valence-corrected chi connectivity index (χ1v) is 5.02. The molecule has 0 fully saturated rings. The highest BCUT2D eigenvalue weighted by Gasteiger charge is 2.04. The molecule has 0 heterocycles. The van der Waals surface area contributed by atoms with E-state index in [1.54, 1.807) is 24.3 Å². The van der Waals surface area contributed by atoms with Crippen LogP contribution in [0.5, 0.6) is 5.75 Å². The van der Waals surface area contributed by atoms with Crippen LogP contribution in [-0.4, -0.2) is 6.34 Å². The van der Waals surface area contributed by atoms with Gasteiger partial charge in [-0.2, -0.15) is 5.26 Å². The number of halogens is 1. The number of nitrogens with zero attached hydrogens (tertiary/aromatic N) is 2. The van der Waals surface area contributed by atoms with Gasteiger partial charge in [0.15, 0.2) is 0 Å². The molecule has 86 valence electrons. The summed E-state index contributed by atoms with van der Waals surface area (Å²) in [5, 5.41) is 9.14. The zero-order valence-electron chi connectivity index (χ0n) is 8.93. The number of allylic oxidation sites excluding steroid dienone is 2. The lowest BCUT2D eigenvalue weighted by Gasteiger charge is -2.06. The average molecular weight is 248 g/mol. The van der Waals surface area contributed by atoms with Gasteiger partial charge in [0.2, 0.25) is 5.88 Å². The van der Waals surface area contributed by atoms with Crippen molar-refractivity contribution < 1.29 is 4.74 Å². The molecule has 0 amide bonds. The van der Waals surface area contributed by atoms with Gasteiger partial charge in [-0.05, 0) is 12.1 Å². The van der Waals surface area contributed by atoms with E-state index in [9.17, 15) is 0 Å². The van der Waals surface area contributed by atoms with Crippen LogP contribution in [0.1, 0.15) is 5.56 Å². The molecule has 0 saturated carbocycles. The van der Waals surface area contributed by atoms with Gasteiger partial charge in [0.1, 0.15) is 11.8 Å². The SMILES string of the molecule is C=C(Cl)/C=C(\N=CN)Oc1ccccc1C#N. The monoisotopic (exact) mass is 247 g/mol. The first-order chi connectivity index (χ1) is 8.17. The van der Waals surface area contributed by atoms with Gasteiger partial charge in [0, 0.05) is 11.1 Å². The number of hydrogen-bond acceptors (Lipinski definition) is 3. The number of hydrogen-bond donors (Lipinski definition) is 1. The third kappa shape index (κ3) is 4.01. The Balaban J connectivity index is 3.03. The van der Waals surface area contributed by atoms with Gasteiger partial charge >= 0.3 is 0 Å². The average Bonchev–Trinajstić information content (AvgIpc) is 2.29. The number of nitriles is 1. The summed E-state index contributed by atoms with van der Waals surface area (Å²) in [5.41, 5.74) is 5.57. The molecule has 0 atom stereocenters. The van der Waals surface area contributed by atoms with E-state index in [-0.39, 0.29) is 10.9 Å². The van der Waals surface area contributed by atoms with Gasteiger partial charge < -0.3 is 10.5 Å². The Bertz CT molecular complexity index is 515. The van der Waals surface area contributed by atoms with Crippen LogP contribution < -0.4 is 10.5 Å². The van der Waals surface area contributed by atoms with E-state index in [1.165, 1.54) is 6.08 Å². The van der Waals surface area contributed by atoms with Crippen LogP contribution in [0.3, 0.4) is 0 Å². The number of nitrogens with two attached hydrogens (primary N) is 1. The van der Waals surface area contributed by atoms with E-state index in [4.69, 9.17) is 27.3 Å². The van der Waals surface area contributed by atoms with E-state index in [2.05, 4.69) is 11.6 Å². The molecule has 1 aromatic carbocycles. The predicted molar refractivity (Wildman–Crippen MR) is 67.5 cm³/mol. The molecule has 1 aromatic rings. The highest BCUT2D eigenvalue weighted by atomic mass is 35.5. The zero-order chi connectivity index (χ0) is 12.7. The summed E-state index contributed by atoms with van der Waals surface area (Å²) in [4.78, 5) is 3.77. The lowest BCUT2D eigenvalue weighted by atomic mass is 10.2. The van der Waals surface area contributed by atoms with Crippen molar-refractivity contribution in [2.75, 3.05) is 0 Å². The first-order valence-electron chi connectivity index (χ1n) is 4.64. The smallest absolute Gasteiger partial charge is 0.222 e. The summed E-state index contributed by atoms with van der Waals surface area (Å²) in [6.07, 6.45) is 2.47. The summed E-state index contributed by atoms with van der Waals surface area (Å²) in [5.74, 6) is 0.542. The highest BCUT2D eigenvalue weighted by molar-refractivity contribution is 6.30. The summed E-state index contributed by atoms with van der Waals surface area (Å²) < 4.78 is 5.40. The molecule has 0 spiro atoms. The van der Waals surface area contributed by atoms with Gasteiger partial charge in [-0.15, -0.1) is 0 Å². The molecule has 0 unspecified atom stereocenters. The second-order valence-corrected chi connectivity index (χ2v) is 3.40. The quantitative estimate of drug-likeness (QED) is 0.385. The molecule has 0 bridgehead atoms. The fourth-order valence-corrected chi connectivity index (χ4v) is 1.15. The second-order valence-electron chi connectivity index (χ2n) is 2.92. The Morgan fingerprint density at radius 3 is 2.82 bits per heavy atom. The third-order valence-electron chi connectivity index (χ3n) is 1.70. The van der Waals surface area contributed by atoms with Crippen molar-refractivity contribution in [3.05, 3.63) is 53.4 Å². The third-order valence-corrected chi connectivity index (χ3v) is 1.81. The van der Waals surface area contributed by atoms with Crippen molar-refractivity contribution in [3.8, 4) is 11.8 Å². The molecular formula is C12H10ClN3O. The maximum Gasteiger partial charge on any atom is 0.222 e. The van der Waals surface area contributed by atoms with Crippen LogP contribution in [0.25, 0.3) is 0 Å². The normalized spacial score (nSPS) is 11.2. The zero-order valence-corrected chi connectivity index (χ0v) is 9.69. The molecular weight excluding hydrogens is 238 g/mol. The summed E-state index contributed by atoms with van der Waals surface area (Å²) >= 11 is 5.62. The summed E-state index contributed by atoms with van der Waals surface area (Å²) in [6.45, 7) is 3.49. The van der Waals surface area contributed by atoms with Crippen molar-refractivity contribution in [1.82, 2.24) is 0 Å². The Morgan fingerprint density at radius 2 is 2.24 bits per heavy atom. The van der Waals surface area contributed by atoms with E-state index in [0.29, 0.717) is 11.3 Å². The maximum atomic E-state index is 8.89. The minimum atomic E-state index is 0.162. The number of rotatable bonds is 4. The fraction of sp³-hybridized carbons (Fsp3) is 0. The molecule has 17 heavy (non-hydrogen) atoms. The lowest BCUT2D eigenvalue weighted by molar-refractivity contribution is 0.420. The van der Waals surface area contributed by atoms with E-state index < -0.39 is 0 Å². The van der Waals surface area contributed by atoms with Gasteiger partial charge in [-0.3, -0.25) is 0 Å². The van der Waals surface area contributed by atoms with Gasteiger partial charge in [-0.25, -0.2) is 4.99 Å². The van der Waals surface area contributed by atoms with Crippen LogP contribution in [-0.2, 0) is 0 Å². The van der Waals surface area contributed by atoms with Crippen LogP contribution in [0.15, 0.2) is 52.8 Å². The Labute approximate surface area is 104 Å². The number of ether oxygens (including phenoxy) is 1. The molecule has 5 heteroatoms. The molecule has 2 N–H and O–H groups in total. The Kier molecular flexibility index (Phi) is 4.79. The van der Waals surface area contributed by atoms with Crippen molar-refractivity contribution in [1.29, 1.82) is 5.26 Å². The van der Waals surface area contributed by atoms with Gasteiger partial charge in [0.25, 0.3) is 0 Å². The van der Waals surface area contributed by atoms with Crippen molar-refractivity contribution in [2.45, 2.75) is 0 Å². The van der Waals surface area contributed by atoms with Crippen LogP contribution in [0.2, 0.25) is 0 Å². The highest BCUT2D eigenvalue weighted by Crippen LogP contribution is 2.20. The van der Waals surface area contributed by atoms with Crippen LogP contribution >= 0.6 is 11.6 Å². The Morgan fingerprint density at radius 1 is 1.53 bits per heavy atom. The summed E-state index contributed by atoms with van der Waals surface area (Å²) in [7, 11) is 0. The van der Waals surface area contributed by atoms with E-state index in [0.717, 1.165) is 6.34 Å². The first kappa shape index (κ1) is 12.8. The topological polar surface area (TPSA) is 71.4 Å². The molecule has 0 aliphatic rings. The minimum absolute atomic E-state index is 0.162. The van der Waals surface area contributed by atoms with Gasteiger partial charge in [0.05, 0.1) is 11.9 Å². The van der Waals surface area contributed by atoms with E-state index >= 15 is 0 Å². The number of para-hydroxylation sites is 1. The lowest BCUT2D eigenvalue weighted by Crippen LogP contribution is -1.98. The molecule has 0 aliphatic heterocycles. The molecule has 4 nitrogen and oxygen atoms in total. The minimum Gasteiger partial charge on any atom is -0.438 e. The fourth-order valence-electron chi connectivity index (χ4n) is 1.06. The van der Waals surface area contributed by atoms with E-state index in [1.807, 2.05) is 6.07 Å². The largest absolute Gasteiger partial charge is 0.438 e. The van der Waals surface area contributed by atoms with Crippen LogP contribution in [0, 0.1) is 11.3 Å². The molecule has 0 radical (unpaired) electrons. The standard InChI is InChI=1S/C12H10ClN3O/c1-9(13)6-12(16-8-15)17-11-5-3-2-4-10(11)7-14/h2-6,8H,1H2,(H2,15,16)/b12-6+. The summed E-state index contributed by atoms with van der Waals surface area (Å²) in [6, 6.07) is 8.77. The maximum absolute atomic E-state index is 8.89. The molecule has 0 aromatic heterocycles. The van der Waals surface area contributed by atoms with Crippen molar-refractivity contribution >= 4 is 17.9 Å².